The molecule has 2 rings (SSSR count). The van der Waals surface area contributed by atoms with Crippen LogP contribution in [-0.4, -0.2) is 36.7 Å². The van der Waals surface area contributed by atoms with Gasteiger partial charge < -0.3 is 0 Å². The number of piperidine rings is 1. The minimum Gasteiger partial charge on any atom is -0.296 e. The lowest BCUT2D eigenvalue weighted by Gasteiger charge is -2.53. The zero-order chi connectivity index (χ0) is 16.1. The zero-order valence-electron chi connectivity index (χ0n) is 14.0. The fraction of sp³-hybridized carbons (Fsp3) is 0.647. The van der Waals surface area contributed by atoms with Crippen LogP contribution in [0.5, 0.6) is 0 Å². The number of likely N-dealkylation sites (tertiary alicyclic amines) is 1. The van der Waals surface area contributed by atoms with Crippen LogP contribution in [0.3, 0.4) is 0 Å². The normalized spacial score (nSPS) is 23.1. The second-order valence-corrected chi connectivity index (χ2v) is 9.80. The highest BCUT2D eigenvalue weighted by Crippen LogP contribution is 2.41. The van der Waals surface area contributed by atoms with Gasteiger partial charge in [0.1, 0.15) is 0 Å². The average molecular weight is 309 g/mol. The molecule has 118 valence electrons. The van der Waals surface area contributed by atoms with Crippen molar-refractivity contribution < 1.29 is 8.42 Å². The molecule has 0 N–H and O–H groups in total. The fourth-order valence-electron chi connectivity index (χ4n) is 3.42. The lowest BCUT2D eigenvalue weighted by molar-refractivity contribution is -0.0000948. The molecule has 0 unspecified atom stereocenters. The number of nitrogens with zero attached hydrogens (tertiary/aromatic N) is 1. The van der Waals surface area contributed by atoms with Crippen LogP contribution < -0.4 is 0 Å². The summed E-state index contributed by atoms with van der Waals surface area (Å²) in [6, 6.07) is 7.22. The van der Waals surface area contributed by atoms with E-state index >= 15 is 0 Å². The van der Waals surface area contributed by atoms with Gasteiger partial charge in [0.2, 0.25) is 0 Å². The van der Waals surface area contributed by atoms with Gasteiger partial charge in [0.05, 0.1) is 10.1 Å². The van der Waals surface area contributed by atoms with Crippen molar-refractivity contribution in [1.29, 1.82) is 0 Å². The molecule has 1 aliphatic rings. The van der Waals surface area contributed by atoms with Crippen molar-refractivity contribution in [3.8, 4) is 0 Å². The summed E-state index contributed by atoms with van der Waals surface area (Å²) in [4.78, 5) is 2.76. The minimum absolute atomic E-state index is 0.121. The zero-order valence-corrected chi connectivity index (χ0v) is 14.8. The van der Waals surface area contributed by atoms with E-state index in [0.29, 0.717) is 17.7 Å². The first kappa shape index (κ1) is 16.5. The monoisotopic (exact) mass is 309 g/mol. The number of benzene rings is 1. The van der Waals surface area contributed by atoms with Gasteiger partial charge in [-0.1, -0.05) is 17.7 Å². The first-order valence-electron chi connectivity index (χ1n) is 7.51. The van der Waals surface area contributed by atoms with Crippen molar-refractivity contribution in [3.05, 3.63) is 29.8 Å². The van der Waals surface area contributed by atoms with Crippen LogP contribution in [0.15, 0.2) is 29.2 Å². The SMILES string of the molecule is Cc1ccc(S(=O)(=O)C2CC(C)(C)N(C)C(C)(C)C2)cc1. The maximum atomic E-state index is 13.0. The van der Waals surface area contributed by atoms with E-state index in [1.165, 1.54) is 0 Å². The highest BCUT2D eigenvalue weighted by molar-refractivity contribution is 7.92. The van der Waals surface area contributed by atoms with Crippen LogP contribution in [0.25, 0.3) is 0 Å². The van der Waals surface area contributed by atoms with Gasteiger partial charge in [-0.3, -0.25) is 4.90 Å². The second-order valence-electron chi connectivity index (χ2n) is 7.57. The van der Waals surface area contributed by atoms with E-state index in [1.807, 2.05) is 19.1 Å². The summed E-state index contributed by atoms with van der Waals surface area (Å²) in [5.74, 6) is 0. The smallest absolute Gasteiger partial charge is 0.181 e. The molecular weight excluding hydrogens is 282 g/mol. The lowest BCUT2D eigenvalue weighted by Crippen LogP contribution is -2.60. The number of sulfone groups is 1. The molecule has 3 nitrogen and oxygen atoms in total. The lowest BCUT2D eigenvalue weighted by atomic mass is 9.80. The van der Waals surface area contributed by atoms with Crippen LogP contribution in [0.2, 0.25) is 0 Å². The molecule has 0 amide bonds. The third-order valence-corrected chi connectivity index (χ3v) is 7.20. The molecule has 21 heavy (non-hydrogen) atoms. The summed E-state index contributed by atoms with van der Waals surface area (Å²) >= 11 is 0. The van der Waals surface area contributed by atoms with Crippen LogP contribution in [0, 0.1) is 6.92 Å². The van der Waals surface area contributed by atoms with Gasteiger partial charge in [0.15, 0.2) is 9.84 Å². The standard InChI is InChI=1S/C17H27NO2S/c1-13-7-9-14(10-8-13)21(19,20)15-11-16(2,3)18(6)17(4,5)12-15/h7-10,15H,11-12H2,1-6H3. The van der Waals surface area contributed by atoms with Crippen molar-refractivity contribution in [1.82, 2.24) is 4.90 Å². The molecule has 1 aromatic rings. The highest BCUT2D eigenvalue weighted by atomic mass is 32.2. The molecule has 1 aromatic carbocycles. The van der Waals surface area contributed by atoms with Gasteiger partial charge in [0, 0.05) is 11.1 Å². The first-order chi connectivity index (χ1) is 9.47. The summed E-state index contributed by atoms with van der Waals surface area (Å²) in [7, 11) is -1.18. The third kappa shape index (κ3) is 3.02. The van der Waals surface area contributed by atoms with Crippen LogP contribution in [-0.2, 0) is 9.84 Å². The van der Waals surface area contributed by atoms with E-state index in [0.717, 1.165) is 5.56 Å². The fourth-order valence-corrected chi connectivity index (χ4v) is 5.57. The molecule has 0 aliphatic carbocycles. The summed E-state index contributed by atoms with van der Waals surface area (Å²) in [5, 5.41) is -0.318. The largest absolute Gasteiger partial charge is 0.296 e. The van der Waals surface area contributed by atoms with Gasteiger partial charge in [0.25, 0.3) is 0 Å². The molecule has 0 aromatic heterocycles. The Morgan fingerprint density at radius 3 is 1.86 bits per heavy atom. The Hall–Kier alpha value is -0.870. The number of hydrogen-bond donors (Lipinski definition) is 0. The minimum atomic E-state index is -3.27. The molecule has 0 bridgehead atoms. The van der Waals surface area contributed by atoms with Crippen LogP contribution >= 0.6 is 0 Å². The highest BCUT2D eigenvalue weighted by Gasteiger charge is 2.47. The Bertz CT molecular complexity index is 597. The molecule has 1 saturated heterocycles. The average Bonchev–Trinajstić information content (AvgIpc) is 2.35. The summed E-state index contributed by atoms with van der Waals surface area (Å²) < 4.78 is 25.9. The van der Waals surface area contributed by atoms with Gasteiger partial charge in [-0.15, -0.1) is 0 Å². The van der Waals surface area contributed by atoms with Gasteiger partial charge in [-0.05, 0) is 66.6 Å². The maximum absolute atomic E-state index is 13.0. The van der Waals surface area contributed by atoms with E-state index in [-0.39, 0.29) is 16.3 Å². The Balaban J connectivity index is 2.39. The van der Waals surface area contributed by atoms with E-state index < -0.39 is 9.84 Å². The Morgan fingerprint density at radius 2 is 1.43 bits per heavy atom. The Labute approximate surface area is 129 Å². The Kier molecular flexibility index (Phi) is 4.00. The number of rotatable bonds is 2. The first-order valence-corrected chi connectivity index (χ1v) is 9.06. The molecule has 0 atom stereocenters. The quantitative estimate of drug-likeness (QED) is 0.840. The third-order valence-electron chi connectivity index (χ3n) is 5.06. The molecule has 0 spiro atoms. The molecule has 4 heteroatoms. The summed E-state index contributed by atoms with van der Waals surface area (Å²) in [5.41, 5.74) is 0.840. The van der Waals surface area contributed by atoms with E-state index in [9.17, 15) is 8.42 Å². The number of hydrogen-bond acceptors (Lipinski definition) is 3. The van der Waals surface area contributed by atoms with Gasteiger partial charge in [-0.25, -0.2) is 8.42 Å². The van der Waals surface area contributed by atoms with E-state index in [1.54, 1.807) is 12.1 Å². The maximum Gasteiger partial charge on any atom is 0.181 e. The molecule has 1 heterocycles. The molecular formula is C17H27NO2S. The summed E-state index contributed by atoms with van der Waals surface area (Å²) in [6.45, 7) is 10.5. The van der Waals surface area contributed by atoms with E-state index in [4.69, 9.17) is 0 Å². The van der Waals surface area contributed by atoms with Crippen molar-refractivity contribution >= 4 is 9.84 Å². The Morgan fingerprint density at radius 1 is 1.00 bits per heavy atom. The van der Waals surface area contributed by atoms with Crippen LogP contribution in [0.1, 0.15) is 46.1 Å². The van der Waals surface area contributed by atoms with Gasteiger partial charge >= 0.3 is 0 Å². The van der Waals surface area contributed by atoms with E-state index in [2.05, 4.69) is 39.6 Å². The van der Waals surface area contributed by atoms with Crippen molar-refractivity contribution in [3.63, 3.8) is 0 Å². The van der Waals surface area contributed by atoms with Gasteiger partial charge in [-0.2, -0.15) is 0 Å². The molecule has 0 radical (unpaired) electrons. The molecule has 0 saturated carbocycles. The number of aryl methyl sites for hydroxylation is 1. The second kappa shape index (κ2) is 5.10. The predicted octanol–water partition coefficient (Wildman–Crippen LogP) is 3.42. The van der Waals surface area contributed by atoms with Crippen molar-refractivity contribution in [2.45, 2.75) is 68.7 Å². The molecule has 1 fully saturated rings. The van der Waals surface area contributed by atoms with Crippen LogP contribution in [0.4, 0.5) is 0 Å². The van der Waals surface area contributed by atoms with Crippen molar-refractivity contribution in [2.75, 3.05) is 7.05 Å². The van der Waals surface area contributed by atoms with Crippen molar-refractivity contribution in [2.24, 2.45) is 0 Å². The molecule has 1 aliphatic heterocycles. The topological polar surface area (TPSA) is 37.4 Å². The predicted molar refractivity (Wildman–Crippen MR) is 87.3 cm³/mol. The summed E-state index contributed by atoms with van der Waals surface area (Å²) in [6.07, 6.45) is 1.34.